The summed E-state index contributed by atoms with van der Waals surface area (Å²) < 4.78 is 0. The number of piperidine rings is 1. The van der Waals surface area contributed by atoms with Gasteiger partial charge in [-0.1, -0.05) is 53.5 Å². The molecule has 1 unspecified atom stereocenters. The third kappa shape index (κ3) is 4.30. The van der Waals surface area contributed by atoms with Crippen LogP contribution in [0.4, 0.5) is 0 Å². The van der Waals surface area contributed by atoms with Gasteiger partial charge in [-0.2, -0.15) is 0 Å². The maximum atomic E-state index is 13.7. The number of hydrogen-bond acceptors (Lipinski definition) is 2. The van der Waals surface area contributed by atoms with E-state index in [1.54, 1.807) is 0 Å². The molecule has 1 saturated heterocycles. The van der Waals surface area contributed by atoms with E-state index in [-0.39, 0.29) is 36.4 Å². The highest BCUT2D eigenvalue weighted by Gasteiger charge is 2.48. The van der Waals surface area contributed by atoms with Crippen molar-refractivity contribution in [2.24, 2.45) is 11.8 Å². The molecule has 0 spiro atoms. The summed E-state index contributed by atoms with van der Waals surface area (Å²) in [4.78, 5) is 15.6. The quantitative estimate of drug-likeness (QED) is 0.531. The van der Waals surface area contributed by atoms with Crippen LogP contribution >= 0.6 is 23.2 Å². The summed E-state index contributed by atoms with van der Waals surface area (Å²) in [6.07, 6.45) is 5.27. The van der Waals surface area contributed by atoms with Crippen LogP contribution in [0.1, 0.15) is 48.8 Å². The summed E-state index contributed by atoms with van der Waals surface area (Å²) in [6.45, 7) is 3.85. The monoisotopic (exact) mass is 443 g/mol. The van der Waals surface area contributed by atoms with Crippen LogP contribution < -0.4 is 0 Å². The summed E-state index contributed by atoms with van der Waals surface area (Å²) in [7, 11) is 0. The first-order valence-corrected chi connectivity index (χ1v) is 11.3. The molecule has 158 valence electrons. The Hall–Kier alpha value is -1.81. The van der Waals surface area contributed by atoms with Gasteiger partial charge in [-0.25, -0.2) is 0 Å². The van der Waals surface area contributed by atoms with E-state index in [0.29, 0.717) is 22.4 Å². The van der Waals surface area contributed by atoms with Gasteiger partial charge < -0.3 is 10.0 Å². The second kappa shape index (κ2) is 9.13. The largest absolute Gasteiger partial charge is 0.394 e. The highest BCUT2D eigenvalue weighted by molar-refractivity contribution is 6.30. The van der Waals surface area contributed by atoms with Crippen LogP contribution in [0.25, 0.3) is 0 Å². The van der Waals surface area contributed by atoms with E-state index in [9.17, 15) is 9.90 Å². The highest BCUT2D eigenvalue weighted by Crippen LogP contribution is 2.50. The Kier molecular flexibility index (Phi) is 6.52. The molecule has 0 aromatic heterocycles. The van der Waals surface area contributed by atoms with E-state index in [0.717, 1.165) is 30.4 Å². The van der Waals surface area contributed by atoms with Crippen LogP contribution in [0.5, 0.6) is 0 Å². The van der Waals surface area contributed by atoms with Crippen molar-refractivity contribution >= 4 is 29.1 Å². The van der Waals surface area contributed by atoms with Crippen molar-refractivity contribution in [3.63, 3.8) is 0 Å². The average Bonchev–Trinajstić information content (AvgIpc) is 3.57. The zero-order valence-corrected chi connectivity index (χ0v) is 18.4. The Labute approximate surface area is 188 Å². The SMILES string of the molecule is C=CC[C@H]1C[C@H](c2cccc(Cl)c2)[C@@H](c2ccc(Cl)cc2)N(C(CO)C2CC2)C1=O. The number of rotatable bonds is 7. The number of halogens is 2. The molecular formula is C25H27Cl2NO2. The first kappa shape index (κ1) is 21.4. The molecule has 0 radical (unpaired) electrons. The number of nitrogens with zero attached hydrogens (tertiary/aromatic N) is 1. The summed E-state index contributed by atoms with van der Waals surface area (Å²) in [5.74, 6) is 0.387. The number of aliphatic hydroxyl groups is 1. The molecule has 30 heavy (non-hydrogen) atoms. The van der Waals surface area contributed by atoms with Gasteiger partial charge in [0, 0.05) is 21.9 Å². The maximum absolute atomic E-state index is 13.7. The Morgan fingerprint density at radius 3 is 2.43 bits per heavy atom. The fourth-order valence-corrected chi connectivity index (χ4v) is 5.22. The molecule has 4 atom stereocenters. The van der Waals surface area contributed by atoms with Crippen LogP contribution in [-0.2, 0) is 4.79 Å². The van der Waals surface area contributed by atoms with Gasteiger partial charge in [0.05, 0.1) is 18.7 Å². The first-order valence-electron chi connectivity index (χ1n) is 10.6. The standard InChI is InChI=1S/C25H27Cl2NO2/c1-2-4-19-14-22(18-5-3-6-21(27)13-18)24(17-9-11-20(26)12-10-17)28(25(19)30)23(15-29)16-7-8-16/h2-3,5-6,9-13,16,19,22-24,29H,1,4,7-8,14-15H2/t19-,22+,23?,24+/m0/s1. The molecule has 1 amide bonds. The molecule has 1 aliphatic carbocycles. The van der Waals surface area contributed by atoms with Crippen LogP contribution in [-0.4, -0.2) is 28.6 Å². The number of benzene rings is 2. The number of amides is 1. The van der Waals surface area contributed by atoms with E-state index >= 15 is 0 Å². The third-order valence-corrected chi connectivity index (χ3v) is 6.96. The molecule has 5 heteroatoms. The van der Waals surface area contributed by atoms with E-state index in [1.807, 2.05) is 53.4 Å². The molecule has 2 fully saturated rings. The van der Waals surface area contributed by atoms with E-state index in [4.69, 9.17) is 23.2 Å². The van der Waals surface area contributed by atoms with Crippen LogP contribution in [0.2, 0.25) is 10.0 Å². The molecule has 1 N–H and O–H groups in total. The van der Waals surface area contributed by atoms with E-state index < -0.39 is 0 Å². The van der Waals surface area contributed by atoms with Crippen molar-refractivity contribution < 1.29 is 9.90 Å². The van der Waals surface area contributed by atoms with Crippen molar-refractivity contribution in [1.29, 1.82) is 0 Å². The zero-order chi connectivity index (χ0) is 21.3. The van der Waals surface area contributed by atoms with Crippen molar-refractivity contribution in [2.45, 2.75) is 43.7 Å². The summed E-state index contributed by atoms with van der Waals surface area (Å²) in [5.41, 5.74) is 2.15. The second-order valence-electron chi connectivity index (χ2n) is 8.45. The lowest BCUT2D eigenvalue weighted by Crippen LogP contribution is -2.53. The number of carbonyl (C=O) groups excluding carboxylic acids is 1. The third-order valence-electron chi connectivity index (χ3n) is 6.47. The summed E-state index contributed by atoms with van der Waals surface area (Å²) in [5, 5.41) is 11.6. The van der Waals surface area contributed by atoms with Gasteiger partial charge in [0.25, 0.3) is 0 Å². The predicted molar refractivity (Wildman–Crippen MR) is 122 cm³/mol. The van der Waals surface area contributed by atoms with Crippen molar-refractivity contribution in [3.05, 3.63) is 82.4 Å². The van der Waals surface area contributed by atoms with Gasteiger partial charge in [-0.15, -0.1) is 6.58 Å². The van der Waals surface area contributed by atoms with Gasteiger partial charge >= 0.3 is 0 Å². The zero-order valence-electron chi connectivity index (χ0n) is 16.9. The average molecular weight is 444 g/mol. The van der Waals surface area contributed by atoms with Gasteiger partial charge in [-0.3, -0.25) is 4.79 Å². The molecular weight excluding hydrogens is 417 g/mol. The molecule has 4 rings (SSSR count). The predicted octanol–water partition coefficient (Wildman–Crippen LogP) is 6.01. The van der Waals surface area contributed by atoms with Crippen molar-refractivity contribution in [1.82, 2.24) is 4.90 Å². The molecule has 2 aliphatic rings. The molecule has 3 nitrogen and oxygen atoms in total. The summed E-state index contributed by atoms with van der Waals surface area (Å²) >= 11 is 12.5. The lowest BCUT2D eigenvalue weighted by molar-refractivity contribution is -0.148. The Bertz CT molecular complexity index is 910. The van der Waals surface area contributed by atoms with E-state index in [1.165, 1.54) is 0 Å². The first-order chi connectivity index (χ1) is 14.5. The van der Waals surface area contributed by atoms with Gasteiger partial charge in [0.15, 0.2) is 0 Å². The molecule has 1 aliphatic heterocycles. The lowest BCUT2D eigenvalue weighted by atomic mass is 9.74. The topological polar surface area (TPSA) is 40.5 Å². The summed E-state index contributed by atoms with van der Waals surface area (Å²) in [6, 6.07) is 15.3. The van der Waals surface area contributed by atoms with Crippen LogP contribution in [0, 0.1) is 11.8 Å². The van der Waals surface area contributed by atoms with Gasteiger partial charge in [-0.05, 0) is 67.0 Å². The van der Waals surface area contributed by atoms with Crippen LogP contribution in [0.3, 0.4) is 0 Å². The highest BCUT2D eigenvalue weighted by atomic mass is 35.5. The van der Waals surface area contributed by atoms with Gasteiger partial charge in [0.1, 0.15) is 0 Å². The van der Waals surface area contributed by atoms with Crippen molar-refractivity contribution in [2.75, 3.05) is 6.61 Å². The smallest absolute Gasteiger partial charge is 0.226 e. The number of carbonyl (C=O) groups is 1. The Morgan fingerprint density at radius 2 is 1.83 bits per heavy atom. The van der Waals surface area contributed by atoms with Crippen molar-refractivity contribution in [3.8, 4) is 0 Å². The minimum Gasteiger partial charge on any atom is -0.394 e. The number of aliphatic hydroxyl groups excluding tert-OH is 1. The normalized spacial score (nSPS) is 25.2. The molecule has 2 aromatic rings. The number of allylic oxidation sites excluding steroid dienone is 1. The Balaban J connectivity index is 1.84. The van der Waals surface area contributed by atoms with Gasteiger partial charge in [0.2, 0.25) is 5.91 Å². The number of hydrogen-bond donors (Lipinski definition) is 1. The minimum atomic E-state index is -0.174. The maximum Gasteiger partial charge on any atom is 0.226 e. The molecule has 2 aromatic carbocycles. The Morgan fingerprint density at radius 1 is 1.10 bits per heavy atom. The molecule has 1 saturated carbocycles. The molecule has 1 heterocycles. The molecule has 0 bridgehead atoms. The fraction of sp³-hybridized carbons (Fsp3) is 0.400. The minimum absolute atomic E-state index is 0.0242. The second-order valence-corrected chi connectivity index (χ2v) is 9.32. The van der Waals surface area contributed by atoms with E-state index in [2.05, 4.69) is 12.6 Å². The fourth-order valence-electron chi connectivity index (χ4n) is 4.90. The van der Waals surface area contributed by atoms with Crippen LogP contribution in [0.15, 0.2) is 61.2 Å². The number of likely N-dealkylation sites (tertiary alicyclic amines) is 1. The lowest BCUT2D eigenvalue weighted by Gasteiger charge is -2.48.